The molecule has 1 saturated carbocycles. The third-order valence-corrected chi connectivity index (χ3v) is 4.08. The van der Waals surface area contributed by atoms with Gasteiger partial charge in [-0.25, -0.2) is 4.98 Å². The van der Waals surface area contributed by atoms with Crippen molar-refractivity contribution in [3.8, 4) is 0 Å². The highest BCUT2D eigenvalue weighted by molar-refractivity contribution is 5.83. The van der Waals surface area contributed by atoms with Crippen molar-refractivity contribution in [3.63, 3.8) is 0 Å². The number of carbonyl (C=O) groups excluding carboxylic acids is 1. The van der Waals surface area contributed by atoms with Crippen molar-refractivity contribution in [2.45, 2.75) is 18.9 Å². The lowest BCUT2D eigenvalue weighted by molar-refractivity contribution is -0.125. The van der Waals surface area contributed by atoms with E-state index >= 15 is 0 Å². The van der Waals surface area contributed by atoms with Crippen LogP contribution in [-0.2, 0) is 4.79 Å². The summed E-state index contributed by atoms with van der Waals surface area (Å²) in [5.74, 6) is 1.31. The van der Waals surface area contributed by atoms with Crippen molar-refractivity contribution < 1.29 is 4.79 Å². The average Bonchev–Trinajstić information content (AvgIpc) is 3.21. The van der Waals surface area contributed by atoms with E-state index in [1.54, 1.807) is 0 Å². The van der Waals surface area contributed by atoms with Gasteiger partial charge in [0, 0.05) is 24.5 Å². The van der Waals surface area contributed by atoms with Gasteiger partial charge in [0.2, 0.25) is 5.91 Å². The number of rotatable bonds is 3. The number of hydrogen-bond donors (Lipinski definition) is 1. The Bertz CT molecular complexity index is 660. The first-order chi connectivity index (χ1) is 9.79. The van der Waals surface area contributed by atoms with Crippen LogP contribution in [0, 0.1) is 5.92 Å². The number of fused-ring (bicyclic) bond motifs is 1. The first kappa shape index (κ1) is 11.7. The number of aromatic nitrogens is 1. The number of anilines is 1. The molecule has 2 aromatic rings. The molecule has 0 bridgehead atoms. The van der Waals surface area contributed by atoms with Crippen molar-refractivity contribution in [3.05, 3.63) is 36.4 Å². The molecule has 0 unspecified atom stereocenters. The van der Waals surface area contributed by atoms with Gasteiger partial charge in [0.05, 0.1) is 11.4 Å². The Kier molecular flexibility index (Phi) is 2.62. The molecule has 1 aromatic heterocycles. The Morgan fingerprint density at radius 3 is 2.75 bits per heavy atom. The second-order valence-corrected chi connectivity index (χ2v) is 5.75. The molecule has 1 N–H and O–H groups in total. The minimum atomic E-state index is 0.129. The first-order valence-corrected chi connectivity index (χ1v) is 7.21. The van der Waals surface area contributed by atoms with Gasteiger partial charge in [0.15, 0.2) is 0 Å². The molecule has 20 heavy (non-hydrogen) atoms. The normalized spacial score (nSPS) is 18.9. The Balaban J connectivity index is 1.44. The van der Waals surface area contributed by atoms with E-state index in [-0.39, 0.29) is 11.8 Å². The first-order valence-electron chi connectivity index (χ1n) is 7.21. The highest BCUT2D eigenvalue weighted by atomic mass is 16.2. The summed E-state index contributed by atoms with van der Waals surface area (Å²) >= 11 is 0. The number of para-hydroxylation sites is 1. The molecule has 2 fully saturated rings. The molecule has 2 aliphatic rings. The molecule has 4 rings (SSSR count). The van der Waals surface area contributed by atoms with Gasteiger partial charge in [-0.2, -0.15) is 0 Å². The van der Waals surface area contributed by atoms with E-state index in [0.29, 0.717) is 6.04 Å². The van der Waals surface area contributed by atoms with Crippen molar-refractivity contribution >= 4 is 22.6 Å². The predicted octanol–water partition coefficient (Wildman–Crippen LogP) is 1.95. The molecule has 1 aliphatic carbocycles. The molecule has 102 valence electrons. The van der Waals surface area contributed by atoms with Gasteiger partial charge >= 0.3 is 0 Å². The molecule has 1 aliphatic heterocycles. The minimum absolute atomic E-state index is 0.129. The maximum absolute atomic E-state index is 11.9. The van der Waals surface area contributed by atoms with Crippen LogP contribution in [0.3, 0.4) is 0 Å². The number of hydrogen-bond acceptors (Lipinski definition) is 3. The summed E-state index contributed by atoms with van der Waals surface area (Å²) in [4.78, 5) is 18.7. The lowest BCUT2D eigenvalue weighted by atomic mass is 9.99. The number of nitrogens with zero attached hydrogens (tertiary/aromatic N) is 2. The summed E-state index contributed by atoms with van der Waals surface area (Å²) in [5.41, 5.74) is 1.01. The summed E-state index contributed by atoms with van der Waals surface area (Å²) in [7, 11) is 0. The van der Waals surface area contributed by atoms with Gasteiger partial charge in [0.25, 0.3) is 0 Å². The minimum Gasteiger partial charge on any atom is -0.355 e. The van der Waals surface area contributed by atoms with Crippen LogP contribution in [0.5, 0.6) is 0 Å². The quantitative estimate of drug-likeness (QED) is 0.924. The van der Waals surface area contributed by atoms with Gasteiger partial charge in [-0.1, -0.05) is 18.2 Å². The monoisotopic (exact) mass is 267 g/mol. The maximum atomic E-state index is 11.9. The van der Waals surface area contributed by atoms with Gasteiger partial charge in [-0.05, 0) is 31.0 Å². The van der Waals surface area contributed by atoms with E-state index in [0.717, 1.165) is 42.7 Å². The zero-order chi connectivity index (χ0) is 13.5. The van der Waals surface area contributed by atoms with E-state index in [1.807, 2.05) is 24.3 Å². The second-order valence-electron chi connectivity index (χ2n) is 5.75. The molecule has 4 heteroatoms. The van der Waals surface area contributed by atoms with E-state index < -0.39 is 0 Å². The molecule has 2 heterocycles. The molecule has 0 spiro atoms. The average molecular weight is 267 g/mol. The van der Waals surface area contributed by atoms with Gasteiger partial charge in [-0.15, -0.1) is 0 Å². The van der Waals surface area contributed by atoms with E-state index in [1.165, 1.54) is 0 Å². The van der Waals surface area contributed by atoms with E-state index in [2.05, 4.69) is 27.3 Å². The smallest absolute Gasteiger partial charge is 0.226 e. The fourth-order valence-electron chi connectivity index (χ4n) is 2.61. The number of amides is 1. The number of benzene rings is 1. The molecular weight excluding hydrogens is 250 g/mol. The highest BCUT2D eigenvalue weighted by Crippen LogP contribution is 2.26. The van der Waals surface area contributed by atoms with Crippen LogP contribution in [0.1, 0.15) is 12.8 Å². The fraction of sp³-hybridized carbons (Fsp3) is 0.375. The molecule has 1 aromatic carbocycles. The zero-order valence-corrected chi connectivity index (χ0v) is 11.2. The van der Waals surface area contributed by atoms with Crippen molar-refractivity contribution in [2.24, 2.45) is 5.92 Å². The van der Waals surface area contributed by atoms with Crippen LogP contribution in [0.15, 0.2) is 36.4 Å². The Morgan fingerprint density at radius 2 is 1.95 bits per heavy atom. The van der Waals surface area contributed by atoms with Crippen LogP contribution in [-0.4, -0.2) is 30.0 Å². The summed E-state index contributed by atoms with van der Waals surface area (Å²) in [6, 6.07) is 12.7. The van der Waals surface area contributed by atoms with Gasteiger partial charge in [-0.3, -0.25) is 4.79 Å². The van der Waals surface area contributed by atoms with Crippen LogP contribution in [0.4, 0.5) is 5.82 Å². The van der Waals surface area contributed by atoms with Crippen LogP contribution in [0.25, 0.3) is 10.9 Å². The molecular formula is C16H17N3O. The Labute approximate surface area is 117 Å². The summed E-state index contributed by atoms with van der Waals surface area (Å²) in [5, 5.41) is 4.22. The number of nitrogens with one attached hydrogen (secondary N) is 1. The van der Waals surface area contributed by atoms with E-state index in [4.69, 9.17) is 0 Å². The van der Waals surface area contributed by atoms with Crippen LogP contribution < -0.4 is 10.2 Å². The third kappa shape index (κ3) is 2.11. The van der Waals surface area contributed by atoms with Crippen molar-refractivity contribution in [1.29, 1.82) is 0 Å². The molecule has 0 radical (unpaired) electrons. The van der Waals surface area contributed by atoms with Gasteiger partial charge in [0.1, 0.15) is 5.82 Å². The fourth-order valence-corrected chi connectivity index (χ4v) is 2.61. The lowest BCUT2D eigenvalue weighted by Crippen LogP contribution is -2.54. The lowest BCUT2D eigenvalue weighted by Gasteiger charge is -2.39. The summed E-state index contributed by atoms with van der Waals surface area (Å²) in [6.45, 7) is 1.56. The standard InChI is InChI=1S/C16H17N3O/c20-16(17-13-6-7-13)12-9-19(10-12)15-8-5-11-3-1-2-4-14(11)18-15/h1-5,8,12-13H,6-7,9-10H2,(H,17,20). The second kappa shape index (κ2) is 4.47. The molecule has 4 nitrogen and oxygen atoms in total. The number of pyridine rings is 1. The Morgan fingerprint density at radius 1 is 1.15 bits per heavy atom. The van der Waals surface area contributed by atoms with Crippen LogP contribution in [0.2, 0.25) is 0 Å². The summed E-state index contributed by atoms with van der Waals surface area (Å²) < 4.78 is 0. The SMILES string of the molecule is O=C(NC1CC1)C1CN(c2ccc3ccccc3n2)C1. The van der Waals surface area contributed by atoms with Crippen LogP contribution >= 0.6 is 0 Å². The third-order valence-electron chi connectivity index (χ3n) is 4.08. The predicted molar refractivity (Wildman–Crippen MR) is 78.6 cm³/mol. The highest BCUT2D eigenvalue weighted by Gasteiger charge is 2.35. The Hall–Kier alpha value is -2.10. The topological polar surface area (TPSA) is 45.2 Å². The van der Waals surface area contributed by atoms with E-state index in [9.17, 15) is 4.79 Å². The number of carbonyl (C=O) groups is 1. The van der Waals surface area contributed by atoms with Crippen molar-refractivity contribution in [1.82, 2.24) is 10.3 Å². The van der Waals surface area contributed by atoms with Gasteiger partial charge < -0.3 is 10.2 Å². The molecule has 1 saturated heterocycles. The zero-order valence-electron chi connectivity index (χ0n) is 11.2. The largest absolute Gasteiger partial charge is 0.355 e. The summed E-state index contributed by atoms with van der Waals surface area (Å²) in [6.07, 6.45) is 2.29. The van der Waals surface area contributed by atoms with Crippen molar-refractivity contribution in [2.75, 3.05) is 18.0 Å². The maximum Gasteiger partial charge on any atom is 0.226 e. The molecule has 1 amide bonds. The molecule has 0 atom stereocenters.